The van der Waals surface area contributed by atoms with E-state index in [2.05, 4.69) is 0 Å². The Kier molecular flexibility index (Phi) is 7.21. The van der Waals surface area contributed by atoms with Crippen LogP contribution in [-0.4, -0.2) is 83.3 Å². The van der Waals surface area contributed by atoms with E-state index in [1.54, 1.807) is 13.8 Å². The zero-order valence-corrected chi connectivity index (χ0v) is 25.2. The lowest BCUT2D eigenvalue weighted by atomic mass is 9.78. The second-order valence-electron chi connectivity index (χ2n) is 12.0. The van der Waals surface area contributed by atoms with E-state index in [0.717, 1.165) is 14.2 Å². The molecule has 2 saturated heterocycles. The number of hydrogen-bond acceptors (Lipinski definition) is 14. The van der Waals surface area contributed by atoms with Gasteiger partial charge in [-0.15, -0.1) is 0 Å². The molecule has 0 radical (unpaired) electrons. The molecule has 0 saturated carbocycles. The lowest BCUT2D eigenvalue weighted by Gasteiger charge is -2.41. The van der Waals surface area contributed by atoms with Crippen molar-refractivity contribution in [3.8, 4) is 34.1 Å². The molecule has 14 nitrogen and oxygen atoms in total. The number of carbonyl (C=O) groups is 6. The minimum Gasteiger partial charge on any atom is -0.507 e. The van der Waals surface area contributed by atoms with Gasteiger partial charge < -0.3 is 38.6 Å². The number of cyclic esters (lactones) is 2. The van der Waals surface area contributed by atoms with Crippen LogP contribution in [0.4, 0.5) is 0 Å². The van der Waals surface area contributed by atoms with Crippen molar-refractivity contribution in [2.75, 3.05) is 14.2 Å². The van der Waals surface area contributed by atoms with Crippen molar-refractivity contribution < 1.29 is 67.4 Å². The summed E-state index contributed by atoms with van der Waals surface area (Å²) in [5, 5.41) is 21.6. The van der Waals surface area contributed by atoms with Gasteiger partial charge in [-0.1, -0.05) is 13.8 Å². The molecule has 6 rings (SSSR count). The molecule has 0 aliphatic carbocycles. The third-order valence-corrected chi connectivity index (χ3v) is 9.04. The van der Waals surface area contributed by atoms with E-state index in [9.17, 15) is 39.0 Å². The molecule has 2 aromatic carbocycles. The predicted molar refractivity (Wildman–Crippen MR) is 151 cm³/mol. The standard InChI is InChI=1S/C32H30O14/c1-13-9-21(37)43-27(13)31(29(39)41-3)11-19(35)23-17(33)7-5-15(25(23)45-31)16-6-8-18(34)24-20(36)12-32(30(40)42-4,46-26(16)24)28-14(2)10-22(38)44-28/h5-8,13-14,27-28,33-34H,9-12H2,1-4H3/t13-,14+,27-,28-,31+,32-/m1/s1. The van der Waals surface area contributed by atoms with Crippen LogP contribution in [0.1, 0.15) is 60.2 Å². The molecule has 0 unspecified atom stereocenters. The number of aromatic hydroxyl groups is 2. The molecule has 0 aromatic heterocycles. The first kappa shape index (κ1) is 30.9. The number of Topliss-reactive ketones (excluding diaryl/α,β-unsaturated/α-hetero) is 2. The lowest BCUT2D eigenvalue weighted by molar-refractivity contribution is -0.178. The third-order valence-electron chi connectivity index (χ3n) is 9.04. The number of fused-ring (bicyclic) bond motifs is 2. The van der Waals surface area contributed by atoms with Crippen LogP contribution in [0.5, 0.6) is 23.0 Å². The molecule has 4 aliphatic rings. The third kappa shape index (κ3) is 4.37. The Morgan fingerprint density at radius 2 is 1.07 bits per heavy atom. The van der Waals surface area contributed by atoms with Crippen molar-refractivity contribution in [3.05, 3.63) is 35.4 Å². The highest BCUT2D eigenvalue weighted by atomic mass is 16.6. The lowest BCUT2D eigenvalue weighted by Crippen LogP contribution is -2.59. The molecule has 0 amide bonds. The maximum atomic E-state index is 13.7. The normalized spacial score (nSPS) is 29.9. The van der Waals surface area contributed by atoms with Gasteiger partial charge in [0, 0.05) is 23.0 Å². The predicted octanol–water partition coefficient (Wildman–Crippen LogP) is 2.42. The summed E-state index contributed by atoms with van der Waals surface area (Å²) in [5.74, 6) is -7.46. The summed E-state index contributed by atoms with van der Waals surface area (Å²) in [6, 6.07) is 5.03. The van der Waals surface area contributed by atoms with Crippen LogP contribution in [0.3, 0.4) is 0 Å². The molecule has 4 heterocycles. The van der Waals surface area contributed by atoms with Gasteiger partial charge in [-0.25, -0.2) is 9.59 Å². The number of carbonyl (C=O) groups excluding carboxylic acids is 6. The second-order valence-corrected chi connectivity index (χ2v) is 12.0. The van der Waals surface area contributed by atoms with Gasteiger partial charge in [-0.2, -0.15) is 0 Å². The van der Waals surface area contributed by atoms with Crippen molar-refractivity contribution in [1.29, 1.82) is 0 Å². The van der Waals surface area contributed by atoms with Crippen LogP contribution in [0, 0.1) is 11.8 Å². The van der Waals surface area contributed by atoms with E-state index >= 15 is 0 Å². The van der Waals surface area contributed by atoms with Gasteiger partial charge >= 0.3 is 23.9 Å². The minimum absolute atomic E-state index is 0.00675. The fraction of sp³-hybridized carbons (Fsp3) is 0.438. The van der Waals surface area contributed by atoms with E-state index in [0.29, 0.717) is 0 Å². The van der Waals surface area contributed by atoms with E-state index in [4.69, 9.17) is 28.4 Å². The van der Waals surface area contributed by atoms with Crippen molar-refractivity contribution in [2.24, 2.45) is 11.8 Å². The first-order chi connectivity index (χ1) is 21.8. The number of benzene rings is 2. The Morgan fingerprint density at radius 1 is 0.696 bits per heavy atom. The number of phenols is 2. The molecule has 4 aliphatic heterocycles. The molecular formula is C32H30O14. The molecule has 2 aromatic rings. The summed E-state index contributed by atoms with van der Waals surface area (Å²) in [4.78, 5) is 78.7. The van der Waals surface area contributed by atoms with Gasteiger partial charge in [-0.3, -0.25) is 19.2 Å². The van der Waals surface area contributed by atoms with Gasteiger partial charge in [0.15, 0.2) is 23.8 Å². The van der Waals surface area contributed by atoms with E-state index in [1.165, 1.54) is 24.3 Å². The Hall–Kier alpha value is -5.14. The van der Waals surface area contributed by atoms with E-state index < -0.39 is 95.0 Å². The Morgan fingerprint density at radius 3 is 1.37 bits per heavy atom. The quantitative estimate of drug-likeness (QED) is 0.357. The van der Waals surface area contributed by atoms with Crippen LogP contribution in [0.25, 0.3) is 11.1 Å². The highest BCUT2D eigenvalue weighted by molar-refractivity contribution is 6.11. The average molecular weight is 639 g/mol. The molecule has 242 valence electrons. The van der Waals surface area contributed by atoms with Gasteiger partial charge in [0.05, 0.1) is 39.9 Å². The van der Waals surface area contributed by atoms with Gasteiger partial charge in [0.25, 0.3) is 0 Å². The molecule has 2 N–H and O–H groups in total. The van der Waals surface area contributed by atoms with E-state index in [1.807, 2.05) is 0 Å². The number of rotatable bonds is 5. The Balaban J connectivity index is 1.57. The summed E-state index contributed by atoms with van der Waals surface area (Å²) in [5.41, 5.74) is -4.90. The van der Waals surface area contributed by atoms with Crippen molar-refractivity contribution in [2.45, 2.75) is 62.9 Å². The number of phenolic OH excluding ortho intramolecular Hbond substituents is 2. The zero-order chi connectivity index (χ0) is 33.3. The summed E-state index contributed by atoms with van der Waals surface area (Å²) < 4.78 is 33.6. The molecular weight excluding hydrogens is 608 g/mol. The van der Waals surface area contributed by atoms with Crippen LogP contribution in [-0.2, 0) is 38.1 Å². The second kappa shape index (κ2) is 10.7. The molecule has 0 bridgehead atoms. The van der Waals surface area contributed by atoms with Crippen LogP contribution >= 0.6 is 0 Å². The SMILES string of the molecule is COC(=O)[C@]1([C@@H]2OC(=O)C[C@@H]2C)CC(=O)c2c(O)ccc(-c3ccc(O)c4c3O[C@](C(=O)OC)([C@@H]3OC(=O)C[C@H]3C)CC4=O)c2O1. The topological polar surface area (TPSA) is 198 Å². The summed E-state index contributed by atoms with van der Waals surface area (Å²) in [6.45, 7) is 3.29. The highest BCUT2D eigenvalue weighted by Gasteiger charge is 2.62. The van der Waals surface area contributed by atoms with Gasteiger partial charge in [-0.05, 0) is 24.3 Å². The number of hydrogen-bond donors (Lipinski definition) is 2. The summed E-state index contributed by atoms with van der Waals surface area (Å²) in [6.07, 6.45) is -3.85. The molecule has 2 fully saturated rings. The summed E-state index contributed by atoms with van der Waals surface area (Å²) >= 11 is 0. The van der Waals surface area contributed by atoms with Crippen LogP contribution in [0.2, 0.25) is 0 Å². The zero-order valence-electron chi connectivity index (χ0n) is 25.2. The number of methoxy groups -OCH3 is 2. The average Bonchev–Trinajstić information content (AvgIpc) is 3.55. The fourth-order valence-electron chi connectivity index (χ4n) is 6.99. The number of ketones is 2. The fourth-order valence-corrected chi connectivity index (χ4v) is 6.99. The Labute approximate surface area is 261 Å². The molecule has 6 atom stereocenters. The number of ether oxygens (including phenoxy) is 6. The molecule has 14 heteroatoms. The smallest absolute Gasteiger partial charge is 0.354 e. The maximum absolute atomic E-state index is 13.7. The first-order valence-corrected chi connectivity index (χ1v) is 14.5. The molecule has 0 spiro atoms. The summed E-state index contributed by atoms with van der Waals surface area (Å²) in [7, 11) is 2.16. The van der Waals surface area contributed by atoms with Crippen molar-refractivity contribution in [1.82, 2.24) is 0 Å². The Bertz CT molecular complexity index is 1600. The van der Waals surface area contributed by atoms with Crippen molar-refractivity contribution >= 4 is 35.4 Å². The maximum Gasteiger partial charge on any atom is 0.354 e. The number of esters is 4. The van der Waals surface area contributed by atoms with Crippen LogP contribution < -0.4 is 9.47 Å². The van der Waals surface area contributed by atoms with E-state index in [-0.39, 0.29) is 46.6 Å². The van der Waals surface area contributed by atoms with Gasteiger partial charge in [0.2, 0.25) is 11.2 Å². The highest BCUT2D eigenvalue weighted by Crippen LogP contribution is 2.53. The molecule has 46 heavy (non-hydrogen) atoms. The minimum atomic E-state index is -2.15. The largest absolute Gasteiger partial charge is 0.507 e. The van der Waals surface area contributed by atoms with Gasteiger partial charge in [0.1, 0.15) is 34.1 Å². The monoisotopic (exact) mass is 638 g/mol. The van der Waals surface area contributed by atoms with Crippen LogP contribution in [0.15, 0.2) is 24.3 Å². The van der Waals surface area contributed by atoms with Crippen molar-refractivity contribution in [3.63, 3.8) is 0 Å². The first-order valence-electron chi connectivity index (χ1n) is 14.5.